The summed E-state index contributed by atoms with van der Waals surface area (Å²) in [4.78, 5) is 42.2. The summed E-state index contributed by atoms with van der Waals surface area (Å²) in [6.07, 6.45) is 3.94. The molecule has 1 unspecified atom stereocenters. The summed E-state index contributed by atoms with van der Waals surface area (Å²) in [5.41, 5.74) is 1.31. The molecule has 11 nitrogen and oxygen atoms in total. The Morgan fingerprint density at radius 3 is 2.82 bits per heavy atom. The minimum Gasteiger partial charge on any atom is -0.507 e. The van der Waals surface area contributed by atoms with E-state index in [9.17, 15) is 19.5 Å². The Morgan fingerprint density at radius 2 is 2.03 bits per heavy atom. The SMILES string of the molecule is O=C(Nc1ccc2[nH]c(=O)cc(O)c2c1)[C@@H]1CCC2CC(c3c(-n4cnnn4)ccc(Cl)c3F)=CC(=O)N21. The highest BCUT2D eigenvalue weighted by Gasteiger charge is 2.43. The van der Waals surface area contributed by atoms with Gasteiger partial charge in [-0.3, -0.25) is 14.4 Å². The fourth-order valence-corrected chi connectivity index (χ4v) is 5.39. The number of nitrogens with one attached hydrogen (secondary N) is 2. The number of nitrogens with zero attached hydrogens (tertiary/aromatic N) is 5. The zero-order valence-electron chi connectivity index (χ0n) is 19.6. The first-order chi connectivity index (χ1) is 18.3. The Kier molecular flexibility index (Phi) is 5.68. The Bertz CT molecular complexity index is 1700. The molecular formula is C25H19ClFN7O4. The van der Waals surface area contributed by atoms with Gasteiger partial charge < -0.3 is 20.3 Å². The highest BCUT2D eigenvalue weighted by molar-refractivity contribution is 6.31. The molecule has 4 heterocycles. The van der Waals surface area contributed by atoms with E-state index < -0.39 is 23.3 Å². The zero-order chi connectivity index (χ0) is 26.6. The second kappa shape index (κ2) is 9.06. The third kappa shape index (κ3) is 3.98. The molecule has 0 saturated carbocycles. The first kappa shape index (κ1) is 23.8. The molecule has 0 aliphatic carbocycles. The van der Waals surface area contributed by atoms with Crippen molar-refractivity contribution in [3.63, 3.8) is 0 Å². The largest absolute Gasteiger partial charge is 0.507 e. The topological polar surface area (TPSA) is 146 Å². The van der Waals surface area contributed by atoms with Gasteiger partial charge in [-0.15, -0.1) is 5.10 Å². The number of hydrogen-bond acceptors (Lipinski definition) is 7. The van der Waals surface area contributed by atoms with Crippen molar-refractivity contribution in [3.8, 4) is 11.4 Å². The van der Waals surface area contributed by atoms with Crippen molar-refractivity contribution >= 4 is 45.6 Å². The molecule has 1 saturated heterocycles. The van der Waals surface area contributed by atoms with Gasteiger partial charge in [-0.1, -0.05) is 11.6 Å². The van der Waals surface area contributed by atoms with Gasteiger partial charge in [-0.05, 0) is 65.6 Å². The lowest BCUT2D eigenvalue weighted by molar-refractivity contribution is -0.135. The lowest BCUT2D eigenvalue weighted by atomic mass is 9.92. The van der Waals surface area contributed by atoms with Gasteiger partial charge >= 0.3 is 0 Å². The van der Waals surface area contributed by atoms with Gasteiger partial charge in [0.2, 0.25) is 11.8 Å². The number of hydrogen-bond donors (Lipinski definition) is 3. The first-order valence-electron chi connectivity index (χ1n) is 11.7. The molecule has 2 aromatic carbocycles. The number of benzene rings is 2. The molecule has 4 aromatic rings. The quantitative estimate of drug-likeness (QED) is 0.364. The van der Waals surface area contributed by atoms with Crippen molar-refractivity contribution in [2.45, 2.75) is 31.3 Å². The van der Waals surface area contributed by atoms with Crippen molar-refractivity contribution in [3.05, 3.63) is 75.6 Å². The number of aromatic hydroxyl groups is 1. The molecule has 1 fully saturated rings. The van der Waals surface area contributed by atoms with E-state index >= 15 is 4.39 Å². The molecule has 13 heteroatoms. The van der Waals surface area contributed by atoms with Crippen molar-refractivity contribution in [2.75, 3.05) is 5.32 Å². The number of fused-ring (bicyclic) bond motifs is 2. The van der Waals surface area contributed by atoms with E-state index in [1.54, 1.807) is 24.3 Å². The monoisotopic (exact) mass is 535 g/mol. The van der Waals surface area contributed by atoms with E-state index in [2.05, 4.69) is 25.8 Å². The Morgan fingerprint density at radius 1 is 1.18 bits per heavy atom. The van der Waals surface area contributed by atoms with Gasteiger partial charge in [0.15, 0.2) is 5.82 Å². The number of rotatable bonds is 4. The Hall–Kier alpha value is -4.58. The molecule has 0 spiro atoms. The Labute approximate surface area is 218 Å². The number of pyridine rings is 1. The molecule has 0 radical (unpaired) electrons. The van der Waals surface area contributed by atoms with E-state index in [1.165, 1.54) is 28.1 Å². The molecular weight excluding hydrogens is 517 g/mol. The number of tetrazole rings is 1. The number of amides is 2. The maximum Gasteiger partial charge on any atom is 0.252 e. The second-order valence-corrected chi connectivity index (χ2v) is 9.55. The lowest BCUT2D eigenvalue weighted by Gasteiger charge is -2.33. The van der Waals surface area contributed by atoms with Gasteiger partial charge in [0, 0.05) is 34.8 Å². The van der Waals surface area contributed by atoms with Crippen LogP contribution in [-0.4, -0.2) is 59.1 Å². The van der Waals surface area contributed by atoms with Gasteiger partial charge in [0.1, 0.15) is 18.1 Å². The van der Waals surface area contributed by atoms with E-state index in [0.29, 0.717) is 47.1 Å². The average Bonchev–Trinajstić information content (AvgIpc) is 3.56. The summed E-state index contributed by atoms with van der Waals surface area (Å²) in [5.74, 6) is -1.69. The third-order valence-electron chi connectivity index (χ3n) is 6.89. The maximum absolute atomic E-state index is 15.2. The van der Waals surface area contributed by atoms with Gasteiger partial charge in [-0.25, -0.2) is 4.39 Å². The molecule has 192 valence electrons. The van der Waals surface area contributed by atoms with Crippen LogP contribution in [0.2, 0.25) is 5.02 Å². The minimum absolute atomic E-state index is 0.0956. The van der Waals surface area contributed by atoms with Gasteiger partial charge in [0.25, 0.3) is 5.56 Å². The molecule has 3 N–H and O–H groups in total. The van der Waals surface area contributed by atoms with E-state index in [4.69, 9.17) is 11.6 Å². The van der Waals surface area contributed by atoms with Crippen LogP contribution >= 0.6 is 11.6 Å². The third-order valence-corrected chi connectivity index (χ3v) is 7.18. The van der Waals surface area contributed by atoms with Crippen LogP contribution in [0.5, 0.6) is 5.75 Å². The van der Waals surface area contributed by atoms with Crippen LogP contribution in [0, 0.1) is 5.82 Å². The summed E-state index contributed by atoms with van der Waals surface area (Å²) in [5, 5.41) is 24.2. The van der Waals surface area contributed by atoms with Crippen molar-refractivity contribution in [2.24, 2.45) is 0 Å². The molecule has 6 rings (SSSR count). The van der Waals surface area contributed by atoms with Crippen molar-refractivity contribution in [1.29, 1.82) is 0 Å². The molecule has 2 aliphatic rings. The fourth-order valence-electron chi connectivity index (χ4n) is 5.23. The summed E-state index contributed by atoms with van der Waals surface area (Å²) in [7, 11) is 0. The number of halogens is 2. The molecule has 0 bridgehead atoms. The predicted octanol–water partition coefficient (Wildman–Crippen LogP) is 2.79. The van der Waals surface area contributed by atoms with Gasteiger partial charge in [0.05, 0.1) is 16.2 Å². The summed E-state index contributed by atoms with van der Waals surface area (Å²) >= 11 is 6.07. The number of aromatic nitrogens is 5. The predicted molar refractivity (Wildman–Crippen MR) is 135 cm³/mol. The van der Waals surface area contributed by atoms with E-state index in [-0.39, 0.29) is 28.3 Å². The molecule has 2 amide bonds. The van der Waals surface area contributed by atoms with Crippen LogP contribution in [-0.2, 0) is 9.59 Å². The molecule has 38 heavy (non-hydrogen) atoms. The Balaban J connectivity index is 1.28. The standard InChI is InChI=1S/C25H19ClFN7O4/c26-16-3-6-18(33-11-28-31-32-33)23(24(16)27)12-7-14-2-5-19(34(14)22(37)8-12)25(38)29-13-1-4-17-15(9-13)20(35)10-21(36)30-17/h1,3-4,6,8-11,14,19H,2,5,7H2,(H,29,38)(H2,30,35,36)/t14?,19-/m0/s1. The summed E-state index contributed by atoms with van der Waals surface area (Å²) in [6, 6.07) is 7.71. The highest BCUT2D eigenvalue weighted by Crippen LogP contribution is 2.40. The molecule has 2 aliphatic heterocycles. The zero-order valence-corrected chi connectivity index (χ0v) is 20.3. The normalized spacial score (nSPS) is 18.9. The van der Waals surface area contributed by atoms with Crippen LogP contribution in [0.1, 0.15) is 24.8 Å². The second-order valence-electron chi connectivity index (χ2n) is 9.14. The number of H-pyrrole nitrogens is 1. The summed E-state index contributed by atoms with van der Waals surface area (Å²) < 4.78 is 16.5. The average molecular weight is 536 g/mol. The number of anilines is 1. The minimum atomic E-state index is -0.728. The van der Waals surface area contributed by atoms with Gasteiger partial charge in [-0.2, -0.15) is 4.68 Å². The summed E-state index contributed by atoms with van der Waals surface area (Å²) in [6.45, 7) is 0. The van der Waals surface area contributed by atoms with Crippen LogP contribution in [0.15, 0.2) is 53.6 Å². The maximum atomic E-state index is 15.2. The molecule has 2 aromatic heterocycles. The van der Waals surface area contributed by atoms with Crippen molar-refractivity contribution < 1.29 is 19.1 Å². The van der Waals surface area contributed by atoms with Crippen LogP contribution < -0.4 is 10.9 Å². The first-order valence-corrected chi connectivity index (χ1v) is 12.1. The number of carbonyl (C=O) groups excluding carboxylic acids is 2. The highest BCUT2D eigenvalue weighted by atomic mass is 35.5. The van der Waals surface area contributed by atoms with Crippen LogP contribution in [0.4, 0.5) is 10.1 Å². The lowest BCUT2D eigenvalue weighted by Crippen LogP contribution is -2.48. The number of carbonyl (C=O) groups is 2. The number of aromatic amines is 1. The van der Waals surface area contributed by atoms with Crippen LogP contribution in [0.3, 0.4) is 0 Å². The molecule has 2 atom stereocenters. The van der Waals surface area contributed by atoms with E-state index in [1.807, 2.05) is 0 Å². The fraction of sp³-hybridized carbons (Fsp3) is 0.200. The van der Waals surface area contributed by atoms with Crippen LogP contribution in [0.25, 0.3) is 22.2 Å². The van der Waals surface area contributed by atoms with Crippen molar-refractivity contribution in [1.82, 2.24) is 30.1 Å². The van der Waals surface area contributed by atoms with E-state index in [0.717, 1.165) is 6.07 Å². The smallest absolute Gasteiger partial charge is 0.252 e.